The molecule has 3 aromatic rings. The predicted octanol–water partition coefficient (Wildman–Crippen LogP) is 2.71. The van der Waals surface area contributed by atoms with Crippen LogP contribution < -0.4 is 9.62 Å². The highest BCUT2D eigenvalue weighted by atomic mass is 32.2. The molecule has 0 radical (unpaired) electrons. The van der Waals surface area contributed by atoms with Gasteiger partial charge < -0.3 is 9.45 Å². The SMILES string of the molecule is CC1C(CN[S+](C)[O-])CN(c2cc(-c3cnc4ccc(C(F)F)nn34)ncn2)CC1(F)F. The first-order chi connectivity index (χ1) is 15.2. The molecule has 1 aliphatic heterocycles. The molecule has 3 aromatic heterocycles. The van der Waals surface area contributed by atoms with Gasteiger partial charge in [0.25, 0.3) is 12.3 Å². The van der Waals surface area contributed by atoms with Gasteiger partial charge >= 0.3 is 0 Å². The molecular formula is C19H21F4N7OS. The molecule has 0 amide bonds. The number of piperidine rings is 1. The Morgan fingerprint density at radius 2 is 2.06 bits per heavy atom. The molecular weight excluding hydrogens is 450 g/mol. The summed E-state index contributed by atoms with van der Waals surface area (Å²) in [6.07, 6.45) is 1.35. The van der Waals surface area contributed by atoms with Crippen LogP contribution in [0, 0.1) is 11.8 Å². The number of rotatable bonds is 6. The van der Waals surface area contributed by atoms with Gasteiger partial charge in [0.1, 0.15) is 29.8 Å². The maximum Gasteiger partial charge on any atom is 0.282 e. The largest absolute Gasteiger partial charge is 0.598 e. The Labute approximate surface area is 184 Å². The van der Waals surface area contributed by atoms with Crippen molar-refractivity contribution < 1.29 is 22.1 Å². The van der Waals surface area contributed by atoms with E-state index in [9.17, 15) is 22.1 Å². The van der Waals surface area contributed by atoms with Crippen LogP contribution in [0.1, 0.15) is 19.0 Å². The number of hydrogen-bond donors (Lipinski definition) is 1. The first-order valence-electron chi connectivity index (χ1n) is 9.80. The molecule has 0 aromatic carbocycles. The van der Waals surface area contributed by atoms with Crippen LogP contribution in [0.5, 0.6) is 0 Å². The highest BCUT2D eigenvalue weighted by Crippen LogP contribution is 2.38. The summed E-state index contributed by atoms with van der Waals surface area (Å²) in [7, 11) is 0. The summed E-state index contributed by atoms with van der Waals surface area (Å²) in [6.45, 7) is 1.40. The second-order valence-electron chi connectivity index (χ2n) is 7.73. The van der Waals surface area contributed by atoms with Crippen molar-refractivity contribution in [2.45, 2.75) is 19.3 Å². The van der Waals surface area contributed by atoms with Gasteiger partial charge in [0, 0.05) is 42.4 Å². The van der Waals surface area contributed by atoms with E-state index in [2.05, 4.69) is 24.8 Å². The van der Waals surface area contributed by atoms with E-state index in [1.165, 1.54) is 53.3 Å². The van der Waals surface area contributed by atoms with E-state index in [1.54, 1.807) is 0 Å². The standard InChI is InChI=1S/C19H21F4N7OS/c1-11-12(6-27-32(2)31)8-29(9-19(11,22)23)17-5-14(25-10-26-17)15-7-24-16-4-3-13(18(20)21)28-30(15)16/h3-5,7,10-12,18,27H,6,8-9H2,1-2H3. The van der Waals surface area contributed by atoms with Crippen molar-refractivity contribution >= 4 is 22.8 Å². The minimum atomic E-state index is -2.98. The fraction of sp³-hybridized carbons (Fsp3) is 0.474. The zero-order chi connectivity index (χ0) is 23.0. The molecule has 4 rings (SSSR count). The Morgan fingerprint density at radius 1 is 1.28 bits per heavy atom. The number of alkyl halides is 4. The number of fused-ring (bicyclic) bond motifs is 1. The smallest absolute Gasteiger partial charge is 0.282 e. The van der Waals surface area contributed by atoms with E-state index < -0.39 is 47.8 Å². The summed E-state index contributed by atoms with van der Waals surface area (Å²) in [5, 5.41) is 3.91. The van der Waals surface area contributed by atoms with E-state index in [-0.39, 0.29) is 18.9 Å². The zero-order valence-corrected chi connectivity index (χ0v) is 18.1. The minimum Gasteiger partial charge on any atom is -0.598 e. The maximum absolute atomic E-state index is 14.7. The maximum atomic E-state index is 14.7. The van der Waals surface area contributed by atoms with Crippen LogP contribution in [0.3, 0.4) is 0 Å². The van der Waals surface area contributed by atoms with Gasteiger partial charge in [-0.3, -0.25) is 0 Å². The van der Waals surface area contributed by atoms with Gasteiger partial charge in [-0.1, -0.05) is 6.92 Å². The highest BCUT2D eigenvalue weighted by molar-refractivity contribution is 7.88. The van der Waals surface area contributed by atoms with Crippen LogP contribution in [0.2, 0.25) is 0 Å². The molecule has 32 heavy (non-hydrogen) atoms. The third-order valence-electron chi connectivity index (χ3n) is 5.62. The molecule has 3 unspecified atom stereocenters. The Balaban J connectivity index is 1.65. The van der Waals surface area contributed by atoms with Crippen molar-refractivity contribution in [2.24, 2.45) is 11.8 Å². The number of anilines is 1. The monoisotopic (exact) mass is 471 g/mol. The number of halogens is 4. The van der Waals surface area contributed by atoms with Crippen LogP contribution >= 0.6 is 0 Å². The normalized spacial score (nSPS) is 21.9. The molecule has 1 N–H and O–H groups in total. The molecule has 4 heterocycles. The molecule has 0 aliphatic carbocycles. The van der Waals surface area contributed by atoms with Gasteiger partial charge in [-0.15, -0.1) is 4.72 Å². The Bertz CT molecular complexity index is 1100. The lowest BCUT2D eigenvalue weighted by Gasteiger charge is -2.42. The highest BCUT2D eigenvalue weighted by Gasteiger charge is 2.47. The Morgan fingerprint density at radius 3 is 2.78 bits per heavy atom. The molecule has 0 spiro atoms. The van der Waals surface area contributed by atoms with Gasteiger partial charge in [-0.2, -0.15) is 5.10 Å². The van der Waals surface area contributed by atoms with E-state index in [4.69, 9.17) is 0 Å². The van der Waals surface area contributed by atoms with Gasteiger partial charge in [0.15, 0.2) is 5.65 Å². The molecule has 3 atom stereocenters. The fourth-order valence-electron chi connectivity index (χ4n) is 3.73. The number of imidazole rings is 1. The molecule has 0 saturated carbocycles. The van der Waals surface area contributed by atoms with Crippen LogP contribution in [-0.4, -0.2) is 60.9 Å². The van der Waals surface area contributed by atoms with Gasteiger partial charge in [0.2, 0.25) is 0 Å². The Kier molecular flexibility index (Phi) is 6.23. The summed E-state index contributed by atoms with van der Waals surface area (Å²) in [5.74, 6) is -4.09. The van der Waals surface area contributed by atoms with Crippen molar-refractivity contribution in [3.63, 3.8) is 0 Å². The summed E-state index contributed by atoms with van der Waals surface area (Å²) in [5.41, 5.74) is 0.580. The predicted molar refractivity (Wildman–Crippen MR) is 111 cm³/mol. The van der Waals surface area contributed by atoms with Crippen molar-refractivity contribution in [1.82, 2.24) is 29.3 Å². The summed E-state index contributed by atoms with van der Waals surface area (Å²) < 4.78 is 70.9. The van der Waals surface area contributed by atoms with E-state index in [0.29, 0.717) is 17.0 Å². The molecule has 1 aliphatic rings. The van der Waals surface area contributed by atoms with Crippen molar-refractivity contribution in [3.8, 4) is 11.4 Å². The van der Waals surface area contributed by atoms with Crippen LogP contribution in [0.4, 0.5) is 23.4 Å². The van der Waals surface area contributed by atoms with Crippen LogP contribution in [0.15, 0.2) is 30.7 Å². The van der Waals surface area contributed by atoms with Crippen molar-refractivity contribution in [2.75, 3.05) is 30.8 Å². The van der Waals surface area contributed by atoms with Gasteiger partial charge in [0.05, 0.1) is 18.4 Å². The fourth-order valence-corrected chi connectivity index (χ4v) is 4.18. The molecule has 0 bridgehead atoms. The van der Waals surface area contributed by atoms with E-state index >= 15 is 0 Å². The average Bonchev–Trinajstić information content (AvgIpc) is 3.18. The lowest BCUT2D eigenvalue weighted by atomic mass is 9.84. The molecule has 1 fully saturated rings. The first kappa shape index (κ1) is 22.7. The second kappa shape index (κ2) is 8.79. The third kappa shape index (κ3) is 4.50. The van der Waals surface area contributed by atoms with Crippen molar-refractivity contribution in [3.05, 3.63) is 36.4 Å². The van der Waals surface area contributed by atoms with Gasteiger partial charge in [-0.25, -0.2) is 37.0 Å². The average molecular weight is 471 g/mol. The summed E-state index contributed by atoms with van der Waals surface area (Å²) in [6, 6.07) is 4.12. The summed E-state index contributed by atoms with van der Waals surface area (Å²) in [4.78, 5) is 13.9. The summed E-state index contributed by atoms with van der Waals surface area (Å²) >= 11 is -1.31. The Hall–Kier alpha value is -2.51. The quantitative estimate of drug-likeness (QED) is 0.436. The number of nitrogens with zero attached hydrogens (tertiary/aromatic N) is 6. The van der Waals surface area contributed by atoms with E-state index in [1.807, 2.05) is 0 Å². The van der Waals surface area contributed by atoms with Crippen molar-refractivity contribution in [1.29, 1.82) is 0 Å². The van der Waals surface area contributed by atoms with Gasteiger partial charge in [-0.05, 0) is 12.1 Å². The first-order valence-corrected chi connectivity index (χ1v) is 11.4. The van der Waals surface area contributed by atoms with Crippen LogP contribution in [-0.2, 0) is 11.4 Å². The third-order valence-corrected chi connectivity index (χ3v) is 6.20. The number of aromatic nitrogens is 5. The molecule has 1 saturated heterocycles. The molecule has 8 nitrogen and oxygen atoms in total. The lowest BCUT2D eigenvalue weighted by molar-refractivity contribution is -0.0784. The zero-order valence-electron chi connectivity index (χ0n) is 17.3. The lowest BCUT2D eigenvalue weighted by Crippen LogP contribution is -2.55. The van der Waals surface area contributed by atoms with E-state index in [0.717, 1.165) is 0 Å². The minimum absolute atomic E-state index is 0.169. The molecule has 172 valence electrons. The second-order valence-corrected chi connectivity index (χ2v) is 8.92. The topological polar surface area (TPSA) is 94.3 Å². The number of nitrogens with one attached hydrogen (secondary N) is 1. The number of hydrogen-bond acceptors (Lipinski definition) is 7. The molecule has 13 heteroatoms. The van der Waals surface area contributed by atoms with Crippen LogP contribution in [0.25, 0.3) is 17.0 Å².